The number of benzene rings is 2. The van der Waals surface area contributed by atoms with Crippen LogP contribution in [0, 0.1) is 28.9 Å². The molecule has 1 atom stereocenters. The van der Waals surface area contributed by atoms with E-state index in [1.165, 1.54) is 42.7 Å². The van der Waals surface area contributed by atoms with Gasteiger partial charge < -0.3 is 10.6 Å². The van der Waals surface area contributed by atoms with E-state index >= 15 is 0 Å². The quantitative estimate of drug-likeness (QED) is 0.161. The summed E-state index contributed by atoms with van der Waals surface area (Å²) in [7, 11) is 6.75. The minimum atomic E-state index is -1.64. The number of rotatable bonds is 7. The molecule has 0 aliphatic carbocycles. The average Bonchev–Trinajstić information content (AvgIpc) is 3.42. The minimum Gasteiger partial charge on any atom is -0.378 e. The highest BCUT2D eigenvalue weighted by molar-refractivity contribution is 6.36. The van der Waals surface area contributed by atoms with Gasteiger partial charge in [-0.1, -0.05) is 23.7 Å². The zero-order chi connectivity index (χ0) is 27.7. The zero-order valence-corrected chi connectivity index (χ0v) is 20.4. The van der Waals surface area contributed by atoms with Crippen LogP contribution in [0.3, 0.4) is 0 Å². The van der Waals surface area contributed by atoms with Crippen LogP contribution in [0.4, 0.5) is 34.6 Å². The Morgan fingerprint density at radius 2 is 1.79 bits per heavy atom. The molecule has 0 spiro atoms. The molecular weight excluding hydrogens is 535 g/mol. The topological polar surface area (TPSA) is 104 Å². The molecule has 3 aromatic heterocycles. The van der Waals surface area contributed by atoms with Crippen LogP contribution >= 0.6 is 11.6 Å². The van der Waals surface area contributed by atoms with E-state index in [2.05, 4.69) is 30.8 Å². The van der Waals surface area contributed by atoms with Crippen molar-refractivity contribution in [1.29, 1.82) is 5.26 Å². The molecule has 192 valence electrons. The lowest BCUT2D eigenvalue weighted by atomic mass is 9.69. The predicted molar refractivity (Wildman–Crippen MR) is 137 cm³/mol. The van der Waals surface area contributed by atoms with Gasteiger partial charge in [0.05, 0.1) is 45.3 Å². The molecule has 0 fully saturated rings. The van der Waals surface area contributed by atoms with Gasteiger partial charge in [-0.2, -0.15) is 24.6 Å². The van der Waals surface area contributed by atoms with Gasteiger partial charge in [0.1, 0.15) is 25.4 Å². The number of halogens is 5. The second-order valence-electron chi connectivity index (χ2n) is 8.30. The normalized spacial score (nSPS) is 12.6. The van der Waals surface area contributed by atoms with Gasteiger partial charge in [0.15, 0.2) is 5.82 Å². The zero-order valence-electron chi connectivity index (χ0n) is 19.6. The first-order chi connectivity index (χ1) is 18.7. The standard InChI is InChI=1S/C25H14BClF4N8/c26-25(14-1-3-15(29)4-2-14,21-11-35-39(12-28)38-21)37-16-5-18-22(36-17-7-20(30)24(31)34-10-17)13(8-32)9-33-23(18)19(27)6-16/h1-7,9-11,37H,12H2,(H,33,36). The summed E-state index contributed by atoms with van der Waals surface area (Å²) >= 11 is 6.54. The summed E-state index contributed by atoms with van der Waals surface area (Å²) in [5.74, 6) is -2.97. The molecular formula is C25H14BClF4N8. The SMILES string of the molecule is [B]C(Nc1cc(Cl)c2ncc(C#N)c(Nc3cnc(F)c(F)c3)c2c1)(c1ccc(F)cc1)c1cnn(CF)n1. The summed E-state index contributed by atoms with van der Waals surface area (Å²) in [4.78, 5) is 8.39. The molecule has 8 nitrogen and oxygen atoms in total. The predicted octanol–water partition coefficient (Wildman–Crippen LogP) is 5.32. The third-order valence-electron chi connectivity index (χ3n) is 5.80. The van der Waals surface area contributed by atoms with Crippen molar-refractivity contribution < 1.29 is 17.6 Å². The van der Waals surface area contributed by atoms with Crippen LogP contribution in [-0.2, 0) is 12.2 Å². The van der Waals surface area contributed by atoms with Gasteiger partial charge in [0.25, 0.3) is 0 Å². The number of hydrogen-bond acceptors (Lipinski definition) is 7. The monoisotopic (exact) mass is 548 g/mol. The second-order valence-corrected chi connectivity index (χ2v) is 8.70. The fourth-order valence-electron chi connectivity index (χ4n) is 3.95. The Hall–Kier alpha value is -4.70. The third-order valence-corrected chi connectivity index (χ3v) is 6.09. The number of nitrogens with zero attached hydrogens (tertiary/aromatic N) is 6. The maximum Gasteiger partial charge on any atom is 0.249 e. The van der Waals surface area contributed by atoms with Crippen LogP contribution in [0.1, 0.15) is 16.8 Å². The average molecular weight is 549 g/mol. The van der Waals surface area contributed by atoms with Gasteiger partial charge in [-0.05, 0) is 29.8 Å². The maximum atomic E-state index is 13.8. The number of anilines is 3. The Balaban J connectivity index is 1.65. The van der Waals surface area contributed by atoms with E-state index in [0.29, 0.717) is 16.6 Å². The summed E-state index contributed by atoms with van der Waals surface area (Å²) < 4.78 is 54.0. The molecule has 3 heterocycles. The Morgan fingerprint density at radius 1 is 1.03 bits per heavy atom. The molecule has 1 unspecified atom stereocenters. The molecule has 0 aliphatic heterocycles. The molecule has 2 N–H and O–H groups in total. The van der Waals surface area contributed by atoms with Crippen molar-refractivity contribution in [3.63, 3.8) is 0 Å². The lowest BCUT2D eigenvalue weighted by Gasteiger charge is -2.32. The number of pyridine rings is 2. The summed E-state index contributed by atoms with van der Waals surface area (Å²) in [5.41, 5.74) is -0.258. The molecule has 0 aliphatic rings. The fourth-order valence-corrected chi connectivity index (χ4v) is 4.21. The van der Waals surface area contributed by atoms with Crippen molar-refractivity contribution in [3.05, 3.63) is 100 Å². The molecule has 14 heteroatoms. The lowest BCUT2D eigenvalue weighted by molar-refractivity contribution is 0.317. The van der Waals surface area contributed by atoms with Crippen LogP contribution in [0.15, 0.2) is 61.1 Å². The van der Waals surface area contributed by atoms with E-state index in [-0.39, 0.29) is 33.2 Å². The fraction of sp³-hybridized carbons (Fsp3) is 0.0800. The number of nitrogens with one attached hydrogen (secondary N) is 2. The van der Waals surface area contributed by atoms with Gasteiger partial charge in [-0.25, -0.2) is 18.2 Å². The van der Waals surface area contributed by atoms with E-state index in [1.54, 1.807) is 6.07 Å². The molecule has 5 aromatic rings. The van der Waals surface area contributed by atoms with Gasteiger partial charge in [-0.3, -0.25) is 4.98 Å². The number of aromatic nitrogens is 5. The van der Waals surface area contributed by atoms with E-state index in [1.807, 2.05) is 6.07 Å². The minimum absolute atomic E-state index is 0.0645. The third kappa shape index (κ3) is 4.94. The lowest BCUT2D eigenvalue weighted by Crippen LogP contribution is -2.38. The van der Waals surface area contributed by atoms with Crippen molar-refractivity contribution in [1.82, 2.24) is 25.0 Å². The molecule has 0 saturated heterocycles. The first-order valence-electron chi connectivity index (χ1n) is 11.1. The van der Waals surface area contributed by atoms with Crippen LogP contribution < -0.4 is 10.6 Å². The van der Waals surface area contributed by atoms with Gasteiger partial charge >= 0.3 is 0 Å². The molecule has 0 amide bonds. The van der Waals surface area contributed by atoms with Crippen molar-refractivity contribution in [3.8, 4) is 6.07 Å². The summed E-state index contributed by atoms with van der Waals surface area (Å²) in [6.45, 7) is -1.00. The molecule has 0 bridgehead atoms. The van der Waals surface area contributed by atoms with Crippen molar-refractivity contribution in [2.45, 2.75) is 12.2 Å². The smallest absolute Gasteiger partial charge is 0.249 e. The van der Waals surface area contributed by atoms with Crippen LogP contribution in [0.2, 0.25) is 5.02 Å². The van der Waals surface area contributed by atoms with Gasteiger partial charge in [0, 0.05) is 23.3 Å². The highest BCUT2D eigenvalue weighted by atomic mass is 35.5. The number of fused-ring (bicyclic) bond motifs is 1. The number of hydrogen-bond donors (Lipinski definition) is 2. The summed E-state index contributed by atoms with van der Waals surface area (Å²) in [6, 6.07) is 11.2. The molecule has 2 aromatic carbocycles. The van der Waals surface area contributed by atoms with E-state index < -0.39 is 29.8 Å². The summed E-state index contributed by atoms with van der Waals surface area (Å²) in [5, 5.41) is 24.1. The van der Waals surface area contributed by atoms with E-state index in [9.17, 15) is 22.8 Å². The molecule has 5 rings (SSSR count). The maximum absolute atomic E-state index is 13.8. The molecule has 39 heavy (non-hydrogen) atoms. The van der Waals surface area contributed by atoms with Crippen LogP contribution in [-0.4, -0.2) is 32.8 Å². The van der Waals surface area contributed by atoms with Gasteiger partial charge in [0.2, 0.25) is 12.7 Å². The van der Waals surface area contributed by atoms with Crippen molar-refractivity contribution in [2.75, 3.05) is 10.6 Å². The largest absolute Gasteiger partial charge is 0.378 e. The highest BCUT2D eigenvalue weighted by Crippen LogP contribution is 2.37. The van der Waals surface area contributed by atoms with Gasteiger partial charge in [-0.15, -0.1) is 0 Å². The second kappa shape index (κ2) is 10.2. The van der Waals surface area contributed by atoms with Crippen LogP contribution in [0.5, 0.6) is 0 Å². The Morgan fingerprint density at radius 3 is 2.46 bits per heavy atom. The first kappa shape index (κ1) is 25.9. The molecule has 0 saturated carbocycles. The van der Waals surface area contributed by atoms with Crippen LogP contribution in [0.25, 0.3) is 10.9 Å². The number of alkyl halides is 1. The van der Waals surface area contributed by atoms with E-state index in [0.717, 1.165) is 17.1 Å². The molecule has 2 radical (unpaired) electrons. The van der Waals surface area contributed by atoms with E-state index in [4.69, 9.17) is 19.4 Å². The van der Waals surface area contributed by atoms with Crippen molar-refractivity contribution >= 4 is 47.4 Å². The van der Waals surface area contributed by atoms with Crippen molar-refractivity contribution in [2.24, 2.45) is 0 Å². The Kier molecular flexibility index (Phi) is 6.80. The Bertz CT molecular complexity index is 1740. The Labute approximate surface area is 224 Å². The first-order valence-corrected chi connectivity index (χ1v) is 11.5. The number of nitriles is 1. The summed E-state index contributed by atoms with van der Waals surface area (Å²) in [6.07, 6.45) is 3.60. The highest BCUT2D eigenvalue weighted by Gasteiger charge is 2.32.